The summed E-state index contributed by atoms with van der Waals surface area (Å²) in [6, 6.07) is 3.34. The summed E-state index contributed by atoms with van der Waals surface area (Å²) in [7, 11) is 0. The number of piperidine rings is 1. The number of nitrogens with zero attached hydrogens (tertiary/aromatic N) is 5. The molecule has 6 nitrogen and oxygen atoms in total. The number of aromatic nitrogens is 3. The van der Waals surface area contributed by atoms with E-state index in [2.05, 4.69) is 21.9 Å². The van der Waals surface area contributed by atoms with Gasteiger partial charge in [-0.15, -0.1) is 0 Å². The molecule has 28 heavy (non-hydrogen) atoms. The molecule has 0 aromatic carbocycles. The van der Waals surface area contributed by atoms with E-state index in [1.807, 2.05) is 17.9 Å². The van der Waals surface area contributed by atoms with Crippen molar-refractivity contribution in [1.82, 2.24) is 19.9 Å². The SMILES string of the molecule is CCc1cnc(N2CC[C@@H](N(C(=O)c3ccc(C)nc3)C3CC3)[C@@H](F)C2)nc1. The molecule has 2 aliphatic rings. The predicted octanol–water partition coefficient (Wildman–Crippen LogP) is 2.96. The number of anilines is 1. The first-order chi connectivity index (χ1) is 13.6. The first-order valence-corrected chi connectivity index (χ1v) is 10.0. The lowest BCUT2D eigenvalue weighted by atomic mass is 10.00. The van der Waals surface area contributed by atoms with Gasteiger partial charge in [0.1, 0.15) is 6.17 Å². The van der Waals surface area contributed by atoms with E-state index in [4.69, 9.17) is 0 Å². The van der Waals surface area contributed by atoms with Crippen LogP contribution in [0.1, 0.15) is 47.8 Å². The molecule has 1 aliphatic carbocycles. The van der Waals surface area contributed by atoms with Crippen molar-refractivity contribution in [3.8, 4) is 0 Å². The average Bonchev–Trinajstić information content (AvgIpc) is 3.55. The summed E-state index contributed by atoms with van der Waals surface area (Å²) in [4.78, 5) is 29.7. The number of halogens is 1. The van der Waals surface area contributed by atoms with Gasteiger partial charge in [0.05, 0.1) is 18.2 Å². The summed E-state index contributed by atoms with van der Waals surface area (Å²) in [6.45, 7) is 4.78. The van der Waals surface area contributed by atoms with Crippen molar-refractivity contribution in [3.05, 3.63) is 47.5 Å². The molecule has 1 aliphatic heterocycles. The molecule has 0 unspecified atom stereocenters. The van der Waals surface area contributed by atoms with Gasteiger partial charge in [0.2, 0.25) is 5.95 Å². The van der Waals surface area contributed by atoms with Crippen LogP contribution in [0, 0.1) is 6.92 Å². The molecular formula is C21H26FN5O. The fourth-order valence-electron chi connectivity index (χ4n) is 3.76. The van der Waals surface area contributed by atoms with Crippen LogP contribution in [0.3, 0.4) is 0 Å². The predicted molar refractivity (Wildman–Crippen MR) is 105 cm³/mol. The van der Waals surface area contributed by atoms with Gasteiger partial charge in [-0.05, 0) is 50.3 Å². The van der Waals surface area contributed by atoms with Gasteiger partial charge in [0.15, 0.2) is 0 Å². The molecule has 0 bridgehead atoms. The van der Waals surface area contributed by atoms with E-state index >= 15 is 4.39 Å². The molecule has 4 rings (SSSR count). The number of hydrogen-bond acceptors (Lipinski definition) is 5. The van der Waals surface area contributed by atoms with Crippen molar-refractivity contribution in [2.75, 3.05) is 18.0 Å². The second-order valence-corrected chi connectivity index (χ2v) is 7.69. The van der Waals surface area contributed by atoms with Gasteiger partial charge in [-0.3, -0.25) is 9.78 Å². The molecule has 1 saturated carbocycles. The summed E-state index contributed by atoms with van der Waals surface area (Å²) in [6.07, 6.45) is 7.39. The highest BCUT2D eigenvalue weighted by molar-refractivity contribution is 5.94. The van der Waals surface area contributed by atoms with Gasteiger partial charge in [-0.25, -0.2) is 14.4 Å². The fourth-order valence-corrected chi connectivity index (χ4v) is 3.76. The van der Waals surface area contributed by atoms with E-state index in [1.165, 1.54) is 0 Å². The van der Waals surface area contributed by atoms with Crippen molar-refractivity contribution < 1.29 is 9.18 Å². The maximum Gasteiger partial charge on any atom is 0.256 e. The van der Waals surface area contributed by atoms with Gasteiger partial charge in [-0.2, -0.15) is 0 Å². The van der Waals surface area contributed by atoms with Crippen molar-refractivity contribution in [3.63, 3.8) is 0 Å². The van der Waals surface area contributed by atoms with Crippen molar-refractivity contribution in [2.45, 2.75) is 57.8 Å². The zero-order valence-corrected chi connectivity index (χ0v) is 16.4. The highest BCUT2D eigenvalue weighted by Gasteiger charge is 2.43. The Hall–Kier alpha value is -2.57. The van der Waals surface area contributed by atoms with Crippen LogP contribution in [-0.4, -0.2) is 57.1 Å². The lowest BCUT2D eigenvalue weighted by molar-refractivity contribution is 0.0486. The minimum atomic E-state index is -1.13. The maximum absolute atomic E-state index is 15.2. The highest BCUT2D eigenvalue weighted by atomic mass is 19.1. The van der Waals surface area contributed by atoms with Crippen LogP contribution in [0.2, 0.25) is 0 Å². The first-order valence-electron chi connectivity index (χ1n) is 10.0. The largest absolute Gasteiger partial charge is 0.338 e. The molecule has 1 saturated heterocycles. The topological polar surface area (TPSA) is 62.2 Å². The molecular weight excluding hydrogens is 357 g/mol. The molecule has 2 aromatic heterocycles. The molecule has 2 fully saturated rings. The van der Waals surface area contributed by atoms with Crippen molar-refractivity contribution in [1.29, 1.82) is 0 Å². The van der Waals surface area contributed by atoms with Crippen molar-refractivity contribution >= 4 is 11.9 Å². The number of rotatable bonds is 5. The maximum atomic E-state index is 15.2. The normalized spacial score (nSPS) is 22.2. The Balaban J connectivity index is 1.48. The quantitative estimate of drug-likeness (QED) is 0.794. The minimum Gasteiger partial charge on any atom is -0.338 e. The number of aryl methyl sites for hydroxylation is 2. The number of carbonyl (C=O) groups excluding carboxylic acids is 1. The third kappa shape index (κ3) is 3.84. The second kappa shape index (κ2) is 7.81. The van der Waals surface area contributed by atoms with Crippen LogP contribution in [0.25, 0.3) is 0 Å². The van der Waals surface area contributed by atoms with Gasteiger partial charge in [0, 0.05) is 36.9 Å². The lowest BCUT2D eigenvalue weighted by Crippen LogP contribution is -2.55. The number of amides is 1. The smallest absolute Gasteiger partial charge is 0.256 e. The third-order valence-electron chi connectivity index (χ3n) is 5.58. The molecule has 2 aromatic rings. The summed E-state index contributed by atoms with van der Waals surface area (Å²) >= 11 is 0. The van der Waals surface area contributed by atoms with Crippen molar-refractivity contribution in [2.24, 2.45) is 0 Å². The average molecular weight is 383 g/mol. The van der Waals surface area contributed by atoms with E-state index < -0.39 is 12.2 Å². The summed E-state index contributed by atoms with van der Waals surface area (Å²) in [5.41, 5.74) is 2.46. The zero-order valence-electron chi connectivity index (χ0n) is 16.4. The van der Waals surface area contributed by atoms with Crippen LogP contribution in [0.5, 0.6) is 0 Å². The molecule has 2 atom stereocenters. The monoisotopic (exact) mass is 383 g/mol. The zero-order chi connectivity index (χ0) is 19.7. The Morgan fingerprint density at radius 1 is 1.18 bits per heavy atom. The number of carbonyl (C=O) groups is 1. The Morgan fingerprint density at radius 2 is 1.93 bits per heavy atom. The number of hydrogen-bond donors (Lipinski definition) is 0. The van der Waals surface area contributed by atoms with Gasteiger partial charge < -0.3 is 9.80 Å². The summed E-state index contributed by atoms with van der Waals surface area (Å²) in [5, 5.41) is 0. The van der Waals surface area contributed by atoms with Crippen LogP contribution < -0.4 is 4.90 Å². The van der Waals surface area contributed by atoms with Gasteiger partial charge in [0.25, 0.3) is 5.91 Å². The Labute approximate surface area is 164 Å². The van der Waals surface area contributed by atoms with Crippen LogP contribution in [0.4, 0.5) is 10.3 Å². The molecule has 0 spiro atoms. The van der Waals surface area contributed by atoms with E-state index in [0.29, 0.717) is 24.5 Å². The minimum absolute atomic E-state index is 0.111. The van der Waals surface area contributed by atoms with Gasteiger partial charge in [-0.1, -0.05) is 6.92 Å². The summed E-state index contributed by atoms with van der Waals surface area (Å²) < 4.78 is 15.2. The third-order valence-corrected chi connectivity index (χ3v) is 5.58. The fraction of sp³-hybridized carbons (Fsp3) is 0.524. The van der Waals surface area contributed by atoms with E-state index in [-0.39, 0.29) is 18.5 Å². The van der Waals surface area contributed by atoms with Crippen LogP contribution in [0.15, 0.2) is 30.7 Å². The Bertz CT molecular complexity index is 822. The Kier molecular flexibility index (Phi) is 5.24. The molecule has 7 heteroatoms. The second-order valence-electron chi connectivity index (χ2n) is 7.69. The number of pyridine rings is 1. The highest BCUT2D eigenvalue weighted by Crippen LogP contribution is 2.34. The lowest BCUT2D eigenvalue weighted by Gasteiger charge is -2.41. The summed E-state index contributed by atoms with van der Waals surface area (Å²) in [5.74, 6) is 0.449. The first kappa shape index (κ1) is 18.8. The molecule has 0 N–H and O–H groups in total. The van der Waals surface area contributed by atoms with E-state index in [1.54, 1.807) is 29.6 Å². The molecule has 148 valence electrons. The van der Waals surface area contributed by atoms with Gasteiger partial charge >= 0.3 is 0 Å². The van der Waals surface area contributed by atoms with E-state index in [0.717, 1.165) is 30.5 Å². The number of alkyl halides is 1. The molecule has 0 radical (unpaired) electrons. The Morgan fingerprint density at radius 3 is 2.50 bits per heavy atom. The van der Waals surface area contributed by atoms with E-state index in [9.17, 15) is 4.79 Å². The standard InChI is InChI=1S/C21H26FN5O/c1-3-15-10-24-21(25-11-15)26-9-8-19(18(22)13-26)27(17-6-7-17)20(28)16-5-4-14(2)23-12-16/h4-5,10-12,17-19H,3,6-9,13H2,1-2H3/t18-,19+/m0/s1. The van der Waals surface area contributed by atoms with Crippen LogP contribution >= 0.6 is 0 Å². The molecule has 1 amide bonds. The van der Waals surface area contributed by atoms with Crippen LogP contribution in [-0.2, 0) is 6.42 Å². The molecule has 3 heterocycles.